The molecule has 1 amide bonds. The first-order valence-electron chi connectivity index (χ1n) is 7.83. The number of aryl methyl sites for hydroxylation is 2. The van der Waals surface area contributed by atoms with E-state index >= 15 is 0 Å². The van der Waals surface area contributed by atoms with Crippen LogP contribution in [0.2, 0.25) is 5.02 Å². The largest absolute Gasteiger partial charge is 0.369 e. The van der Waals surface area contributed by atoms with Gasteiger partial charge in [0.1, 0.15) is 0 Å². The van der Waals surface area contributed by atoms with Gasteiger partial charge >= 0.3 is 0 Å². The highest BCUT2D eigenvalue weighted by Crippen LogP contribution is 2.25. The van der Waals surface area contributed by atoms with E-state index in [-0.39, 0.29) is 11.8 Å². The number of carbonyl (C=O) groups excluding carboxylic acids is 1. The molecule has 118 valence electrons. The third-order valence-electron chi connectivity index (χ3n) is 4.38. The Labute approximate surface area is 131 Å². The lowest BCUT2D eigenvalue weighted by atomic mass is 9.85. The molecule has 1 aromatic heterocycles. The molecule has 0 saturated heterocycles. The van der Waals surface area contributed by atoms with Crippen LogP contribution in [0.1, 0.15) is 50.9 Å². The molecule has 5 nitrogen and oxygen atoms in total. The number of nitrogens with one attached hydrogen (secondary N) is 1. The van der Waals surface area contributed by atoms with Crippen LogP contribution in [0.15, 0.2) is 0 Å². The lowest BCUT2D eigenvalue weighted by Gasteiger charge is -2.27. The number of amides is 1. The van der Waals surface area contributed by atoms with Gasteiger partial charge in [-0.3, -0.25) is 9.48 Å². The van der Waals surface area contributed by atoms with Crippen LogP contribution < -0.4 is 11.1 Å². The smallest absolute Gasteiger partial charge is 0.220 e. The van der Waals surface area contributed by atoms with Gasteiger partial charge in [0.25, 0.3) is 0 Å². The van der Waals surface area contributed by atoms with Gasteiger partial charge in [-0.05, 0) is 39.0 Å². The van der Waals surface area contributed by atoms with E-state index < -0.39 is 0 Å². The highest BCUT2D eigenvalue weighted by Gasteiger charge is 2.25. The molecular weight excluding hydrogens is 288 g/mol. The number of rotatable bonds is 6. The Bertz CT molecular complexity index is 492. The van der Waals surface area contributed by atoms with E-state index in [4.69, 9.17) is 17.3 Å². The van der Waals surface area contributed by atoms with E-state index in [1.165, 1.54) is 0 Å². The van der Waals surface area contributed by atoms with Crippen molar-refractivity contribution in [2.75, 3.05) is 0 Å². The molecule has 1 aliphatic carbocycles. The molecular formula is C15H25ClN4O. The van der Waals surface area contributed by atoms with Crippen LogP contribution in [0.3, 0.4) is 0 Å². The van der Waals surface area contributed by atoms with Crippen molar-refractivity contribution < 1.29 is 4.79 Å². The standard InChI is InChI=1S/C15H25ClN4O/c1-3-12-14(16)13(20(4-2)19-12)9-18-11-7-5-10(6-8-11)15(17)21/h10-11,18H,3-9H2,1-2H3,(H2,17,21). The highest BCUT2D eigenvalue weighted by atomic mass is 35.5. The van der Waals surface area contributed by atoms with Crippen LogP contribution >= 0.6 is 11.6 Å². The van der Waals surface area contributed by atoms with Crippen molar-refractivity contribution in [3.8, 4) is 0 Å². The van der Waals surface area contributed by atoms with Gasteiger partial charge in [0.15, 0.2) is 0 Å². The highest BCUT2D eigenvalue weighted by molar-refractivity contribution is 6.31. The third-order valence-corrected chi connectivity index (χ3v) is 4.82. The Kier molecular flexibility index (Phi) is 5.65. The van der Waals surface area contributed by atoms with Crippen molar-refractivity contribution >= 4 is 17.5 Å². The van der Waals surface area contributed by atoms with Crippen molar-refractivity contribution in [3.63, 3.8) is 0 Å². The molecule has 1 heterocycles. The van der Waals surface area contributed by atoms with Crippen LogP contribution in [-0.2, 0) is 24.3 Å². The summed E-state index contributed by atoms with van der Waals surface area (Å²) < 4.78 is 1.98. The Morgan fingerprint density at radius 1 is 1.38 bits per heavy atom. The molecule has 2 rings (SSSR count). The number of hydrogen-bond donors (Lipinski definition) is 2. The zero-order valence-electron chi connectivity index (χ0n) is 12.9. The summed E-state index contributed by atoms with van der Waals surface area (Å²) in [6, 6.07) is 0.432. The Morgan fingerprint density at radius 2 is 2.05 bits per heavy atom. The normalized spacial score (nSPS) is 22.4. The van der Waals surface area contributed by atoms with Gasteiger partial charge in [0.2, 0.25) is 5.91 Å². The molecule has 1 aliphatic rings. The van der Waals surface area contributed by atoms with Crippen LogP contribution in [-0.4, -0.2) is 21.7 Å². The molecule has 0 aliphatic heterocycles. The first-order valence-corrected chi connectivity index (χ1v) is 8.21. The fourth-order valence-corrected chi connectivity index (χ4v) is 3.35. The van der Waals surface area contributed by atoms with Crippen molar-refractivity contribution in [3.05, 3.63) is 16.4 Å². The predicted octanol–water partition coefficient (Wildman–Crippen LogP) is 2.25. The average Bonchev–Trinajstić information content (AvgIpc) is 2.81. The maximum atomic E-state index is 11.2. The number of primary amides is 1. The zero-order valence-corrected chi connectivity index (χ0v) is 13.6. The second-order valence-electron chi connectivity index (χ2n) is 5.71. The molecule has 0 atom stereocenters. The first-order chi connectivity index (χ1) is 10.1. The lowest BCUT2D eigenvalue weighted by Crippen LogP contribution is -2.36. The maximum Gasteiger partial charge on any atom is 0.220 e. The summed E-state index contributed by atoms with van der Waals surface area (Å²) in [6.07, 6.45) is 4.60. The molecule has 3 N–H and O–H groups in total. The fourth-order valence-electron chi connectivity index (χ4n) is 3.01. The van der Waals surface area contributed by atoms with Gasteiger partial charge in [-0.25, -0.2) is 0 Å². The van der Waals surface area contributed by atoms with Crippen LogP contribution in [0.4, 0.5) is 0 Å². The average molecular weight is 313 g/mol. The van der Waals surface area contributed by atoms with Gasteiger partial charge < -0.3 is 11.1 Å². The molecule has 21 heavy (non-hydrogen) atoms. The molecule has 1 fully saturated rings. The van der Waals surface area contributed by atoms with E-state index in [1.54, 1.807) is 0 Å². The Hall–Kier alpha value is -1.07. The van der Waals surface area contributed by atoms with Crippen LogP contribution in [0.5, 0.6) is 0 Å². The SMILES string of the molecule is CCc1nn(CC)c(CNC2CCC(C(N)=O)CC2)c1Cl. The number of aromatic nitrogens is 2. The molecule has 0 bridgehead atoms. The molecule has 0 aromatic carbocycles. The minimum absolute atomic E-state index is 0.0551. The molecule has 6 heteroatoms. The summed E-state index contributed by atoms with van der Waals surface area (Å²) >= 11 is 6.41. The van der Waals surface area contributed by atoms with Gasteiger partial charge in [-0.1, -0.05) is 18.5 Å². The molecule has 1 saturated carbocycles. The summed E-state index contributed by atoms with van der Waals surface area (Å²) in [5.41, 5.74) is 7.39. The summed E-state index contributed by atoms with van der Waals surface area (Å²) in [6.45, 7) is 5.69. The summed E-state index contributed by atoms with van der Waals surface area (Å²) in [5, 5.41) is 8.87. The topological polar surface area (TPSA) is 72.9 Å². The van der Waals surface area contributed by atoms with Crippen molar-refractivity contribution in [2.24, 2.45) is 11.7 Å². The summed E-state index contributed by atoms with van der Waals surface area (Å²) in [5.74, 6) is -0.104. The zero-order chi connectivity index (χ0) is 15.4. The van der Waals surface area contributed by atoms with Crippen molar-refractivity contribution in [2.45, 2.75) is 65.1 Å². The van der Waals surface area contributed by atoms with Crippen LogP contribution in [0.25, 0.3) is 0 Å². The molecule has 0 radical (unpaired) electrons. The number of carbonyl (C=O) groups is 1. The Morgan fingerprint density at radius 3 is 2.57 bits per heavy atom. The lowest BCUT2D eigenvalue weighted by molar-refractivity contribution is -0.122. The van der Waals surface area contributed by atoms with Crippen molar-refractivity contribution in [1.82, 2.24) is 15.1 Å². The monoisotopic (exact) mass is 312 g/mol. The molecule has 0 spiro atoms. The Balaban J connectivity index is 1.92. The van der Waals surface area contributed by atoms with Gasteiger partial charge in [-0.2, -0.15) is 5.10 Å². The predicted molar refractivity (Wildman–Crippen MR) is 84.1 cm³/mol. The number of nitrogens with two attached hydrogens (primary N) is 1. The minimum atomic E-state index is -0.159. The maximum absolute atomic E-state index is 11.2. The summed E-state index contributed by atoms with van der Waals surface area (Å²) in [4.78, 5) is 11.2. The second kappa shape index (κ2) is 7.27. The fraction of sp³-hybridized carbons (Fsp3) is 0.733. The number of hydrogen-bond acceptors (Lipinski definition) is 3. The minimum Gasteiger partial charge on any atom is -0.369 e. The number of halogens is 1. The quantitative estimate of drug-likeness (QED) is 0.846. The van der Waals surface area contributed by atoms with Gasteiger partial charge in [-0.15, -0.1) is 0 Å². The van der Waals surface area contributed by atoms with Gasteiger partial charge in [0.05, 0.1) is 16.4 Å². The second-order valence-corrected chi connectivity index (χ2v) is 6.09. The number of nitrogens with zero attached hydrogens (tertiary/aromatic N) is 2. The van der Waals surface area contributed by atoms with E-state index in [0.717, 1.165) is 61.6 Å². The molecule has 0 unspecified atom stereocenters. The van der Waals surface area contributed by atoms with Crippen molar-refractivity contribution in [1.29, 1.82) is 0 Å². The first kappa shape index (κ1) is 16.3. The molecule has 1 aromatic rings. The third kappa shape index (κ3) is 3.77. The van der Waals surface area contributed by atoms with E-state index in [9.17, 15) is 4.79 Å². The summed E-state index contributed by atoms with van der Waals surface area (Å²) in [7, 11) is 0. The van der Waals surface area contributed by atoms with E-state index in [0.29, 0.717) is 6.04 Å². The van der Waals surface area contributed by atoms with E-state index in [2.05, 4.69) is 24.3 Å². The van der Waals surface area contributed by atoms with Gasteiger partial charge in [0, 0.05) is 25.0 Å². The van der Waals surface area contributed by atoms with E-state index in [1.807, 2.05) is 4.68 Å². The van der Waals surface area contributed by atoms with Crippen LogP contribution in [0, 0.1) is 5.92 Å².